The number of ether oxygens (including phenoxy) is 1. The lowest BCUT2D eigenvalue weighted by molar-refractivity contribution is -0.125. The highest BCUT2D eigenvalue weighted by atomic mass is 16.5. The van der Waals surface area contributed by atoms with Crippen LogP contribution in [0, 0.1) is 12.8 Å². The number of piperazine rings is 2. The molecule has 20 nitrogen and oxygen atoms in total. The van der Waals surface area contributed by atoms with Crippen molar-refractivity contribution in [3.05, 3.63) is 53.0 Å². The minimum absolute atomic E-state index is 0.130. The molecule has 3 amide bonds. The number of carbonyl (C=O) groups excluding carboxylic acids is 6. The summed E-state index contributed by atoms with van der Waals surface area (Å²) in [6, 6.07) is 6.19. The average molecular weight is 1010 g/mol. The smallest absolute Gasteiger partial charge is 0.254 e. The van der Waals surface area contributed by atoms with Gasteiger partial charge in [0.2, 0.25) is 18.3 Å². The monoisotopic (exact) mass is 1010 g/mol. The van der Waals surface area contributed by atoms with Crippen LogP contribution in [0.2, 0.25) is 0 Å². The van der Waals surface area contributed by atoms with Crippen molar-refractivity contribution in [2.45, 2.75) is 103 Å². The van der Waals surface area contributed by atoms with Gasteiger partial charge in [-0.15, -0.1) is 0 Å². The van der Waals surface area contributed by atoms with E-state index >= 15 is 0 Å². The van der Waals surface area contributed by atoms with Crippen LogP contribution in [-0.2, 0) is 26.2 Å². The lowest BCUT2D eigenvalue weighted by atomic mass is 9.89. The summed E-state index contributed by atoms with van der Waals surface area (Å²) in [4.78, 5) is 92.0. The highest BCUT2D eigenvalue weighted by Gasteiger charge is 2.29. The third-order valence-corrected chi connectivity index (χ3v) is 14.8. The number of methoxy groups -OCH3 is 1. The number of aldehydes is 3. The maximum absolute atomic E-state index is 13.1. The first-order chi connectivity index (χ1) is 35.3. The second-order valence-electron chi connectivity index (χ2n) is 19.8. The van der Waals surface area contributed by atoms with Crippen molar-refractivity contribution in [3.63, 3.8) is 0 Å². The Hall–Kier alpha value is -5.67. The number of imide groups is 1. The maximum Gasteiger partial charge on any atom is 0.254 e. The van der Waals surface area contributed by atoms with Crippen molar-refractivity contribution in [2.24, 2.45) is 13.0 Å². The Morgan fingerprint density at radius 3 is 2.16 bits per heavy atom. The predicted octanol–water partition coefficient (Wildman–Crippen LogP) is 4.52. The minimum Gasteiger partial charge on any atom is -0.385 e. The molecule has 0 radical (unpaired) electrons. The summed E-state index contributed by atoms with van der Waals surface area (Å²) < 4.78 is 6.26. The molecule has 0 spiro atoms. The van der Waals surface area contributed by atoms with Gasteiger partial charge in [-0.2, -0.15) is 10.1 Å². The Balaban J connectivity index is 0.000000259. The molecular formula is C53H83N13O7. The van der Waals surface area contributed by atoms with Gasteiger partial charge >= 0.3 is 0 Å². The number of benzene rings is 1. The van der Waals surface area contributed by atoms with Crippen LogP contribution in [0.5, 0.6) is 0 Å². The number of nitrogens with one attached hydrogen (secondary N) is 3. The van der Waals surface area contributed by atoms with Gasteiger partial charge in [-0.05, 0) is 123 Å². The predicted molar refractivity (Wildman–Crippen MR) is 285 cm³/mol. The van der Waals surface area contributed by atoms with Gasteiger partial charge in [0.05, 0.1) is 28.7 Å². The molecular weight excluding hydrogens is 931 g/mol. The van der Waals surface area contributed by atoms with Crippen LogP contribution in [0.3, 0.4) is 0 Å². The standard InChI is InChI=1S/C29H43N5O5.C21H32N8O.C3H8O/c1-23(4-7-28(38)30-22-37)31(2)29(39)27-6-5-26(20-25(27)21-36)34-17-15-33(16-18-34)14-10-24-8-12-32(13-9-24)11-3-19-35;1-15-19(14-30)20(26-21(23-15)25-17-12-22-28(3)13-17)24-16-4-6-18(7-5-16)29-10-8-27(2)9-11-29;1-3-4-2/h5-6,19-24H,3-4,7-18H2,1-2H3,(H,30,37,38);12-14,16,18H,4-11H2,1-3H3,(H2,23,24,25,26);3H2,1-2H3. The van der Waals surface area contributed by atoms with Crippen LogP contribution in [0.25, 0.3) is 0 Å². The fourth-order valence-corrected chi connectivity index (χ4v) is 9.90. The minimum atomic E-state index is -0.386. The molecule has 3 N–H and O–H groups in total. The van der Waals surface area contributed by atoms with Gasteiger partial charge in [0.25, 0.3) is 5.91 Å². The zero-order valence-electron chi connectivity index (χ0n) is 44.6. The Morgan fingerprint density at radius 1 is 0.877 bits per heavy atom. The quantitative estimate of drug-likeness (QED) is 0.125. The Bertz CT molecular complexity index is 2190. The SMILES string of the molecule is CC(CCC(=O)NC=O)N(C)C(=O)c1ccc(N2CCN(CCC3CCN(CCC=O)CC3)CC2)cc1C=O.CCOC.Cc1nc(Nc2cnn(C)c2)nc(NC2CCC(N3CCN(C)CC3)CC2)c1C=O. The van der Waals surface area contributed by atoms with Crippen LogP contribution in [0.1, 0.15) is 115 Å². The van der Waals surface area contributed by atoms with Gasteiger partial charge < -0.3 is 39.8 Å². The van der Waals surface area contributed by atoms with Gasteiger partial charge in [-0.25, -0.2) is 4.98 Å². The van der Waals surface area contributed by atoms with Crippen molar-refractivity contribution in [1.29, 1.82) is 0 Å². The van der Waals surface area contributed by atoms with Gasteiger partial charge in [0, 0.05) is 135 Å². The molecule has 3 saturated heterocycles. The second-order valence-corrected chi connectivity index (χ2v) is 19.8. The van der Waals surface area contributed by atoms with Crippen molar-refractivity contribution in [1.82, 2.24) is 49.6 Å². The topological polar surface area (TPSA) is 211 Å². The number of amides is 3. The zero-order chi connectivity index (χ0) is 52.7. The largest absolute Gasteiger partial charge is 0.385 e. The molecule has 1 unspecified atom stereocenters. The van der Waals surface area contributed by atoms with Gasteiger partial charge in [-0.1, -0.05) is 0 Å². The van der Waals surface area contributed by atoms with Crippen LogP contribution in [-0.4, -0.2) is 206 Å². The summed E-state index contributed by atoms with van der Waals surface area (Å²) in [6.07, 6.45) is 15.8. The number of hydrogen-bond acceptors (Lipinski definition) is 17. The normalized spacial score (nSPS) is 19.5. The molecule has 1 atom stereocenters. The molecule has 73 heavy (non-hydrogen) atoms. The fraction of sp³-hybridized carbons (Fsp3) is 0.642. The van der Waals surface area contributed by atoms with E-state index in [4.69, 9.17) is 0 Å². The number of likely N-dealkylation sites (tertiary alicyclic amines) is 1. The summed E-state index contributed by atoms with van der Waals surface area (Å²) in [5, 5.41) is 13.0. The molecule has 5 heterocycles. The number of hydrogen-bond donors (Lipinski definition) is 3. The van der Waals surface area contributed by atoms with Crippen molar-refractivity contribution >= 4 is 60.2 Å². The molecule has 4 aliphatic rings. The summed E-state index contributed by atoms with van der Waals surface area (Å²) in [5.41, 5.74) is 3.66. The van der Waals surface area contributed by atoms with Crippen LogP contribution < -0.4 is 20.9 Å². The molecule has 402 valence electrons. The first-order valence-corrected chi connectivity index (χ1v) is 26.3. The number of rotatable bonds is 21. The average Bonchev–Trinajstić information content (AvgIpc) is 3.83. The van der Waals surface area contributed by atoms with E-state index in [2.05, 4.69) is 67.3 Å². The van der Waals surface area contributed by atoms with E-state index in [0.717, 1.165) is 121 Å². The van der Waals surface area contributed by atoms with E-state index in [1.165, 1.54) is 50.1 Å². The highest BCUT2D eigenvalue weighted by Crippen LogP contribution is 2.29. The molecule has 4 fully saturated rings. The number of piperidine rings is 1. The number of aromatic nitrogens is 4. The van der Waals surface area contributed by atoms with Gasteiger partial charge in [-0.3, -0.25) is 43.8 Å². The van der Waals surface area contributed by atoms with Crippen molar-refractivity contribution in [2.75, 3.05) is 122 Å². The van der Waals surface area contributed by atoms with Crippen molar-refractivity contribution < 1.29 is 33.5 Å². The summed E-state index contributed by atoms with van der Waals surface area (Å²) >= 11 is 0. The first-order valence-electron chi connectivity index (χ1n) is 26.3. The zero-order valence-corrected chi connectivity index (χ0v) is 44.6. The molecule has 2 aromatic heterocycles. The van der Waals surface area contributed by atoms with E-state index in [1.807, 2.05) is 40.1 Å². The fourth-order valence-electron chi connectivity index (χ4n) is 9.90. The van der Waals surface area contributed by atoms with Gasteiger partial charge in [0.15, 0.2) is 12.6 Å². The molecule has 0 bridgehead atoms. The summed E-state index contributed by atoms with van der Waals surface area (Å²) in [5.74, 6) is 1.19. The summed E-state index contributed by atoms with van der Waals surface area (Å²) in [6.45, 7) is 19.0. The van der Waals surface area contributed by atoms with E-state index in [-0.39, 0.29) is 24.3 Å². The molecule has 1 aliphatic carbocycles. The maximum atomic E-state index is 13.1. The van der Waals surface area contributed by atoms with Crippen LogP contribution >= 0.6 is 0 Å². The lowest BCUT2D eigenvalue weighted by Gasteiger charge is -2.41. The molecule has 1 saturated carbocycles. The molecule has 7 rings (SSSR count). The van der Waals surface area contributed by atoms with Crippen LogP contribution in [0.4, 0.5) is 23.1 Å². The molecule has 20 heteroatoms. The Labute approximate surface area is 432 Å². The van der Waals surface area contributed by atoms with E-state index < -0.39 is 0 Å². The lowest BCUT2D eigenvalue weighted by Crippen LogP contribution is -2.50. The third kappa shape index (κ3) is 18.3. The Kier molecular flexibility index (Phi) is 24.3. The molecule has 3 aliphatic heterocycles. The third-order valence-electron chi connectivity index (χ3n) is 14.8. The summed E-state index contributed by atoms with van der Waals surface area (Å²) in [7, 11) is 7.39. The number of carbonyl (C=O) groups is 6. The van der Waals surface area contributed by atoms with Gasteiger partial charge in [0.1, 0.15) is 12.1 Å². The van der Waals surface area contributed by atoms with E-state index in [0.29, 0.717) is 65.5 Å². The first kappa shape index (κ1) is 58.2. The number of nitrogens with zero attached hydrogens (tertiary/aromatic N) is 10. The number of aryl methyl sites for hydroxylation is 2. The molecule has 1 aromatic carbocycles. The van der Waals surface area contributed by atoms with E-state index in [1.54, 1.807) is 37.2 Å². The Morgan fingerprint density at radius 2 is 1.56 bits per heavy atom. The number of likely N-dealkylation sites (N-methyl/N-ethyl adjacent to an activating group) is 1. The van der Waals surface area contributed by atoms with Crippen LogP contribution in [0.15, 0.2) is 30.6 Å². The van der Waals surface area contributed by atoms with E-state index in [9.17, 15) is 28.8 Å². The number of anilines is 4. The van der Waals surface area contributed by atoms with Crippen molar-refractivity contribution in [3.8, 4) is 0 Å². The second kappa shape index (κ2) is 30.5. The molecule has 3 aromatic rings. The highest BCUT2D eigenvalue weighted by molar-refractivity contribution is 6.02.